The van der Waals surface area contributed by atoms with Crippen LogP contribution in [0.4, 0.5) is 0 Å². The maximum atomic E-state index is 12.7. The summed E-state index contributed by atoms with van der Waals surface area (Å²) in [5, 5.41) is 0. The van der Waals surface area contributed by atoms with Crippen LogP contribution in [0, 0.1) is 0 Å². The Morgan fingerprint density at radius 1 is 0.393 bits per heavy atom. The molecule has 0 spiro atoms. The van der Waals surface area contributed by atoms with E-state index in [4.69, 9.17) is 14.2 Å². The second-order valence-electron chi connectivity index (χ2n) is 15.7. The summed E-state index contributed by atoms with van der Waals surface area (Å²) in [6, 6.07) is 0. The molecule has 1 atom stereocenters. The van der Waals surface area contributed by atoms with E-state index in [1.54, 1.807) is 6.08 Å². The van der Waals surface area contributed by atoms with E-state index in [2.05, 4.69) is 57.2 Å². The van der Waals surface area contributed by atoms with Crippen molar-refractivity contribution in [3.05, 3.63) is 48.6 Å². The van der Waals surface area contributed by atoms with Crippen LogP contribution in [0.15, 0.2) is 48.6 Å². The van der Waals surface area contributed by atoms with Crippen LogP contribution in [-0.2, 0) is 28.6 Å². The fourth-order valence-electron chi connectivity index (χ4n) is 6.54. The third kappa shape index (κ3) is 42.5. The molecule has 0 fully saturated rings. The molecular formula is C50H88O6. The maximum Gasteiger partial charge on any atom is 0.309 e. The molecule has 0 heterocycles. The predicted molar refractivity (Wildman–Crippen MR) is 238 cm³/mol. The molecule has 0 amide bonds. The second kappa shape index (κ2) is 45.1. The first kappa shape index (κ1) is 53.4. The molecule has 6 nitrogen and oxygen atoms in total. The fourth-order valence-corrected chi connectivity index (χ4v) is 6.54. The molecule has 0 bridgehead atoms. The van der Waals surface area contributed by atoms with E-state index in [-0.39, 0.29) is 31.6 Å². The van der Waals surface area contributed by atoms with Gasteiger partial charge >= 0.3 is 17.9 Å². The zero-order chi connectivity index (χ0) is 40.8. The van der Waals surface area contributed by atoms with Gasteiger partial charge in [0, 0.05) is 12.8 Å². The van der Waals surface area contributed by atoms with Gasteiger partial charge in [0.2, 0.25) is 0 Å². The van der Waals surface area contributed by atoms with Gasteiger partial charge in [-0.15, -0.1) is 0 Å². The number of hydrogen-bond donors (Lipinski definition) is 0. The van der Waals surface area contributed by atoms with Crippen LogP contribution in [0.25, 0.3) is 0 Å². The lowest BCUT2D eigenvalue weighted by atomic mass is 10.0. The van der Waals surface area contributed by atoms with Crippen LogP contribution in [0.5, 0.6) is 0 Å². The van der Waals surface area contributed by atoms with Gasteiger partial charge in [-0.3, -0.25) is 14.4 Å². The molecule has 1 unspecified atom stereocenters. The zero-order valence-corrected chi connectivity index (χ0v) is 36.9. The third-order valence-corrected chi connectivity index (χ3v) is 10.1. The summed E-state index contributed by atoms with van der Waals surface area (Å²) in [7, 11) is 0. The van der Waals surface area contributed by atoms with Crippen LogP contribution in [0.1, 0.15) is 233 Å². The molecule has 0 aromatic carbocycles. The Morgan fingerprint density at radius 3 is 1.29 bits per heavy atom. The Kier molecular flexibility index (Phi) is 43.0. The van der Waals surface area contributed by atoms with Crippen molar-refractivity contribution in [2.45, 2.75) is 239 Å². The van der Waals surface area contributed by atoms with Crippen molar-refractivity contribution < 1.29 is 28.6 Å². The van der Waals surface area contributed by atoms with E-state index in [1.165, 1.54) is 116 Å². The minimum Gasteiger partial charge on any atom is -0.462 e. The molecular weight excluding hydrogens is 697 g/mol. The summed E-state index contributed by atoms with van der Waals surface area (Å²) in [6.45, 7) is 6.37. The van der Waals surface area contributed by atoms with Gasteiger partial charge in [0.25, 0.3) is 0 Å². The van der Waals surface area contributed by atoms with Gasteiger partial charge < -0.3 is 14.2 Å². The van der Waals surface area contributed by atoms with Crippen molar-refractivity contribution >= 4 is 17.9 Å². The third-order valence-electron chi connectivity index (χ3n) is 10.1. The van der Waals surface area contributed by atoms with Crippen molar-refractivity contribution in [1.82, 2.24) is 0 Å². The number of ether oxygens (including phenoxy) is 3. The average molecular weight is 785 g/mol. The molecule has 56 heavy (non-hydrogen) atoms. The highest BCUT2D eigenvalue weighted by molar-refractivity contribution is 5.72. The van der Waals surface area contributed by atoms with Gasteiger partial charge in [-0.1, -0.05) is 211 Å². The van der Waals surface area contributed by atoms with Gasteiger partial charge in [0.15, 0.2) is 6.10 Å². The summed E-state index contributed by atoms with van der Waals surface area (Å²) in [6.07, 6.45) is 52.9. The summed E-state index contributed by atoms with van der Waals surface area (Å²) in [5.74, 6) is -1.04. The van der Waals surface area contributed by atoms with E-state index in [9.17, 15) is 14.4 Å². The minimum atomic E-state index is -0.808. The van der Waals surface area contributed by atoms with Crippen LogP contribution in [0.3, 0.4) is 0 Å². The minimum absolute atomic E-state index is 0.103. The number of unbranched alkanes of at least 4 members (excludes halogenated alkanes) is 24. The van der Waals surface area contributed by atoms with Crippen LogP contribution in [0.2, 0.25) is 0 Å². The normalized spacial score (nSPS) is 12.4. The Balaban J connectivity index is 4.28. The number of carbonyl (C=O) groups excluding carboxylic acids is 3. The summed E-state index contributed by atoms with van der Waals surface area (Å²) >= 11 is 0. The van der Waals surface area contributed by atoms with Gasteiger partial charge in [0.1, 0.15) is 13.2 Å². The summed E-state index contributed by atoms with van der Waals surface area (Å²) in [5.41, 5.74) is 0. The van der Waals surface area contributed by atoms with Gasteiger partial charge in [-0.05, 0) is 51.4 Å². The smallest absolute Gasteiger partial charge is 0.309 e. The first-order valence-electron chi connectivity index (χ1n) is 23.6. The molecule has 0 aliphatic heterocycles. The molecule has 0 aliphatic rings. The van der Waals surface area contributed by atoms with Gasteiger partial charge in [0.05, 0.1) is 6.42 Å². The Bertz CT molecular complexity index is 996. The number of esters is 3. The largest absolute Gasteiger partial charge is 0.462 e. The molecule has 6 heteroatoms. The number of carbonyl (C=O) groups is 3. The first-order valence-corrected chi connectivity index (χ1v) is 23.6. The highest BCUT2D eigenvalue weighted by Gasteiger charge is 2.19. The molecule has 0 aromatic heterocycles. The molecule has 0 saturated heterocycles. The number of rotatable bonds is 42. The lowest BCUT2D eigenvalue weighted by Crippen LogP contribution is -2.30. The molecule has 0 saturated carbocycles. The van der Waals surface area contributed by atoms with Crippen LogP contribution < -0.4 is 0 Å². The van der Waals surface area contributed by atoms with E-state index in [0.29, 0.717) is 12.8 Å². The molecule has 0 N–H and O–H groups in total. The van der Waals surface area contributed by atoms with E-state index < -0.39 is 12.1 Å². The number of hydrogen-bond acceptors (Lipinski definition) is 6. The van der Waals surface area contributed by atoms with Crippen molar-refractivity contribution in [2.24, 2.45) is 0 Å². The van der Waals surface area contributed by atoms with E-state index >= 15 is 0 Å². The average Bonchev–Trinajstić information content (AvgIpc) is 3.19. The van der Waals surface area contributed by atoms with Crippen molar-refractivity contribution in [3.63, 3.8) is 0 Å². The highest BCUT2D eigenvalue weighted by atomic mass is 16.6. The monoisotopic (exact) mass is 785 g/mol. The summed E-state index contributed by atoms with van der Waals surface area (Å²) in [4.78, 5) is 37.6. The Labute approximate surface area is 346 Å². The zero-order valence-electron chi connectivity index (χ0n) is 36.9. The maximum absolute atomic E-state index is 12.7. The standard InChI is InChI=1S/C50H88O6/c1-4-7-10-13-16-19-21-22-23-24-25-26-27-28-29-32-34-37-40-43-49(52)55-46-47(45-54-48(51)42-39-36-33-30-18-15-12-9-6-3)56-50(53)44-41-38-35-31-20-17-14-11-8-5-2/h9,12,14,17-18,30,36,39,47H,4-8,10-11,13,15-16,19-29,31-35,37-38,40-46H2,1-3H3/b12-9-,17-14-,30-18-,39-36-. The quantitative estimate of drug-likeness (QED) is 0.0265. The molecule has 0 radical (unpaired) electrons. The Morgan fingerprint density at radius 2 is 0.786 bits per heavy atom. The SMILES string of the molecule is CC/C=C\C/C=C\C/C=C\CC(=O)OCC(COC(=O)CCCCCCCCCCCCCCCCCCCCC)OC(=O)CCCCCC/C=C\CCCC. The molecule has 0 aromatic rings. The second-order valence-corrected chi connectivity index (χ2v) is 15.7. The van der Waals surface area contributed by atoms with Crippen LogP contribution >= 0.6 is 0 Å². The van der Waals surface area contributed by atoms with Gasteiger partial charge in [-0.2, -0.15) is 0 Å². The molecule has 0 rings (SSSR count). The number of allylic oxidation sites excluding steroid dienone is 7. The van der Waals surface area contributed by atoms with Crippen LogP contribution in [-0.4, -0.2) is 37.2 Å². The van der Waals surface area contributed by atoms with Crippen molar-refractivity contribution in [3.8, 4) is 0 Å². The van der Waals surface area contributed by atoms with E-state index in [0.717, 1.165) is 77.0 Å². The fraction of sp³-hybridized carbons (Fsp3) is 0.780. The lowest BCUT2D eigenvalue weighted by molar-refractivity contribution is -0.166. The molecule has 0 aliphatic carbocycles. The molecule has 324 valence electrons. The highest BCUT2D eigenvalue weighted by Crippen LogP contribution is 2.15. The first-order chi connectivity index (χ1) is 27.5. The van der Waals surface area contributed by atoms with E-state index in [1.807, 2.05) is 6.08 Å². The predicted octanol–water partition coefficient (Wildman–Crippen LogP) is 15.1. The van der Waals surface area contributed by atoms with Gasteiger partial charge in [-0.25, -0.2) is 0 Å². The topological polar surface area (TPSA) is 78.9 Å². The summed E-state index contributed by atoms with van der Waals surface area (Å²) < 4.78 is 16.6. The lowest BCUT2D eigenvalue weighted by Gasteiger charge is -2.18. The Hall–Kier alpha value is -2.63. The van der Waals surface area contributed by atoms with Crippen molar-refractivity contribution in [1.29, 1.82) is 0 Å². The van der Waals surface area contributed by atoms with Crippen molar-refractivity contribution in [2.75, 3.05) is 13.2 Å².